The Morgan fingerprint density at radius 1 is 1.56 bits per heavy atom. The van der Waals surface area contributed by atoms with Crippen LogP contribution in [0.4, 0.5) is 4.79 Å². The molecular weight excluding hydrogens is 204 g/mol. The molecular formula is C12H22N2O2. The SMILES string of the molecule is COC(C)(C)CNC(=O)NC1C=CCCC1. The molecule has 0 aromatic heterocycles. The van der Waals surface area contributed by atoms with Crippen LogP contribution in [-0.4, -0.2) is 31.3 Å². The van der Waals surface area contributed by atoms with Crippen LogP contribution in [0.3, 0.4) is 0 Å². The van der Waals surface area contributed by atoms with E-state index >= 15 is 0 Å². The quantitative estimate of drug-likeness (QED) is 0.718. The van der Waals surface area contributed by atoms with Gasteiger partial charge in [-0.05, 0) is 33.1 Å². The highest BCUT2D eigenvalue weighted by atomic mass is 16.5. The average molecular weight is 226 g/mol. The summed E-state index contributed by atoms with van der Waals surface area (Å²) in [4.78, 5) is 11.6. The molecule has 2 amide bonds. The molecule has 1 rings (SSSR count). The maximum absolute atomic E-state index is 11.6. The number of ether oxygens (including phenoxy) is 1. The number of nitrogens with one attached hydrogen (secondary N) is 2. The third-order valence-corrected chi connectivity index (χ3v) is 2.80. The lowest BCUT2D eigenvalue weighted by Crippen LogP contribution is -2.47. The first kappa shape index (κ1) is 13.0. The van der Waals surface area contributed by atoms with E-state index in [4.69, 9.17) is 4.74 Å². The van der Waals surface area contributed by atoms with Gasteiger partial charge >= 0.3 is 6.03 Å². The molecule has 0 fully saturated rings. The minimum atomic E-state index is -0.320. The van der Waals surface area contributed by atoms with Crippen molar-refractivity contribution >= 4 is 6.03 Å². The molecule has 0 aliphatic heterocycles. The minimum absolute atomic E-state index is 0.123. The average Bonchev–Trinajstić information content (AvgIpc) is 2.28. The van der Waals surface area contributed by atoms with E-state index in [1.165, 1.54) is 0 Å². The molecule has 1 atom stereocenters. The highest BCUT2D eigenvalue weighted by Gasteiger charge is 2.18. The number of urea groups is 1. The Hall–Kier alpha value is -1.03. The lowest BCUT2D eigenvalue weighted by Gasteiger charge is -2.24. The van der Waals surface area contributed by atoms with Crippen LogP contribution in [0.15, 0.2) is 12.2 Å². The fourth-order valence-corrected chi connectivity index (χ4v) is 1.52. The van der Waals surface area contributed by atoms with Gasteiger partial charge in [-0.3, -0.25) is 0 Å². The van der Waals surface area contributed by atoms with E-state index in [-0.39, 0.29) is 17.7 Å². The van der Waals surface area contributed by atoms with Gasteiger partial charge in [0.1, 0.15) is 0 Å². The zero-order chi connectivity index (χ0) is 12.0. The lowest BCUT2D eigenvalue weighted by molar-refractivity contribution is 0.0253. The number of hydrogen-bond donors (Lipinski definition) is 2. The Morgan fingerprint density at radius 2 is 2.31 bits per heavy atom. The van der Waals surface area contributed by atoms with Crippen molar-refractivity contribution in [2.24, 2.45) is 0 Å². The molecule has 0 bridgehead atoms. The summed E-state index contributed by atoms with van der Waals surface area (Å²) in [5.41, 5.74) is -0.320. The van der Waals surface area contributed by atoms with E-state index in [2.05, 4.69) is 22.8 Å². The molecule has 0 aromatic carbocycles. The first-order valence-electron chi connectivity index (χ1n) is 5.80. The van der Waals surface area contributed by atoms with E-state index in [1.54, 1.807) is 7.11 Å². The number of methoxy groups -OCH3 is 1. The number of amides is 2. The largest absolute Gasteiger partial charge is 0.377 e. The van der Waals surface area contributed by atoms with Crippen molar-refractivity contribution in [3.05, 3.63) is 12.2 Å². The molecule has 1 aliphatic carbocycles. The maximum atomic E-state index is 11.6. The van der Waals surface area contributed by atoms with Gasteiger partial charge < -0.3 is 15.4 Å². The zero-order valence-electron chi connectivity index (χ0n) is 10.4. The summed E-state index contributed by atoms with van der Waals surface area (Å²) < 4.78 is 5.22. The van der Waals surface area contributed by atoms with Crippen molar-refractivity contribution in [2.75, 3.05) is 13.7 Å². The number of carbonyl (C=O) groups is 1. The van der Waals surface area contributed by atoms with Crippen LogP contribution in [0, 0.1) is 0 Å². The third kappa shape index (κ3) is 4.66. The van der Waals surface area contributed by atoms with Crippen molar-refractivity contribution in [1.82, 2.24) is 10.6 Å². The molecule has 0 heterocycles. The summed E-state index contributed by atoms with van der Waals surface area (Å²) in [5.74, 6) is 0. The summed E-state index contributed by atoms with van der Waals surface area (Å²) in [6.07, 6.45) is 7.47. The molecule has 1 unspecified atom stereocenters. The van der Waals surface area contributed by atoms with Crippen LogP contribution in [0.1, 0.15) is 33.1 Å². The Kier molecular flexibility index (Phi) is 4.80. The van der Waals surface area contributed by atoms with Gasteiger partial charge in [-0.2, -0.15) is 0 Å². The summed E-state index contributed by atoms with van der Waals surface area (Å²) in [6.45, 7) is 4.38. The van der Waals surface area contributed by atoms with Crippen molar-refractivity contribution < 1.29 is 9.53 Å². The van der Waals surface area contributed by atoms with Gasteiger partial charge in [0.05, 0.1) is 5.60 Å². The molecule has 0 saturated carbocycles. The van der Waals surface area contributed by atoms with Gasteiger partial charge in [0.15, 0.2) is 0 Å². The summed E-state index contributed by atoms with van der Waals surface area (Å²) in [7, 11) is 1.64. The van der Waals surface area contributed by atoms with Crippen LogP contribution in [0.5, 0.6) is 0 Å². The summed E-state index contributed by atoms with van der Waals surface area (Å²) in [5, 5.41) is 5.74. The molecule has 2 N–H and O–H groups in total. The van der Waals surface area contributed by atoms with E-state index in [1.807, 2.05) is 13.8 Å². The number of hydrogen-bond acceptors (Lipinski definition) is 2. The second-order valence-corrected chi connectivity index (χ2v) is 4.76. The first-order chi connectivity index (χ1) is 7.53. The molecule has 16 heavy (non-hydrogen) atoms. The zero-order valence-corrected chi connectivity index (χ0v) is 10.4. The Morgan fingerprint density at radius 3 is 2.88 bits per heavy atom. The normalized spacial score (nSPS) is 20.6. The fourth-order valence-electron chi connectivity index (χ4n) is 1.52. The predicted molar refractivity (Wildman–Crippen MR) is 64.4 cm³/mol. The second-order valence-electron chi connectivity index (χ2n) is 4.76. The lowest BCUT2D eigenvalue weighted by atomic mass is 10.0. The van der Waals surface area contributed by atoms with E-state index < -0.39 is 0 Å². The Bertz CT molecular complexity index is 262. The maximum Gasteiger partial charge on any atom is 0.315 e. The molecule has 92 valence electrons. The van der Waals surface area contributed by atoms with Crippen LogP contribution in [0.2, 0.25) is 0 Å². The standard InChI is InChI=1S/C12H22N2O2/c1-12(2,16-3)9-13-11(15)14-10-7-5-4-6-8-10/h5,7,10H,4,6,8-9H2,1-3H3,(H2,13,14,15). The molecule has 1 aliphatic rings. The fraction of sp³-hybridized carbons (Fsp3) is 0.750. The van der Waals surface area contributed by atoms with Gasteiger partial charge in [0.2, 0.25) is 0 Å². The van der Waals surface area contributed by atoms with E-state index in [0.29, 0.717) is 6.54 Å². The predicted octanol–water partition coefficient (Wildman–Crippen LogP) is 1.82. The first-order valence-corrected chi connectivity index (χ1v) is 5.80. The highest BCUT2D eigenvalue weighted by molar-refractivity contribution is 5.74. The highest BCUT2D eigenvalue weighted by Crippen LogP contribution is 2.10. The monoisotopic (exact) mass is 226 g/mol. The molecule has 0 spiro atoms. The Labute approximate surface area is 97.4 Å². The van der Waals surface area contributed by atoms with Gasteiger partial charge in [0, 0.05) is 19.7 Å². The summed E-state index contributed by atoms with van der Waals surface area (Å²) in [6, 6.07) is 0.0566. The Balaban J connectivity index is 2.25. The van der Waals surface area contributed by atoms with Gasteiger partial charge in [0.25, 0.3) is 0 Å². The van der Waals surface area contributed by atoms with E-state index in [0.717, 1.165) is 19.3 Å². The molecule has 4 nitrogen and oxygen atoms in total. The smallest absolute Gasteiger partial charge is 0.315 e. The topological polar surface area (TPSA) is 50.4 Å². The van der Waals surface area contributed by atoms with Crippen LogP contribution in [-0.2, 0) is 4.74 Å². The molecule has 0 saturated heterocycles. The van der Waals surface area contributed by atoms with Crippen molar-refractivity contribution in [3.8, 4) is 0 Å². The van der Waals surface area contributed by atoms with E-state index in [9.17, 15) is 4.79 Å². The van der Waals surface area contributed by atoms with Crippen molar-refractivity contribution in [2.45, 2.75) is 44.8 Å². The van der Waals surface area contributed by atoms with Gasteiger partial charge in [-0.25, -0.2) is 4.79 Å². The third-order valence-electron chi connectivity index (χ3n) is 2.80. The molecule has 4 heteroatoms. The van der Waals surface area contributed by atoms with Crippen LogP contribution >= 0.6 is 0 Å². The number of carbonyl (C=O) groups excluding carboxylic acids is 1. The second kappa shape index (κ2) is 5.89. The van der Waals surface area contributed by atoms with Gasteiger partial charge in [-0.1, -0.05) is 12.2 Å². The van der Waals surface area contributed by atoms with Gasteiger partial charge in [-0.15, -0.1) is 0 Å². The number of rotatable bonds is 4. The van der Waals surface area contributed by atoms with Crippen molar-refractivity contribution in [3.63, 3.8) is 0 Å². The summed E-state index contributed by atoms with van der Waals surface area (Å²) >= 11 is 0. The van der Waals surface area contributed by atoms with Crippen molar-refractivity contribution in [1.29, 1.82) is 0 Å². The van der Waals surface area contributed by atoms with Crippen LogP contribution < -0.4 is 10.6 Å². The number of allylic oxidation sites excluding steroid dienone is 1. The molecule has 0 aromatic rings. The minimum Gasteiger partial charge on any atom is -0.377 e. The van der Waals surface area contributed by atoms with Crippen LogP contribution in [0.25, 0.3) is 0 Å². The molecule has 0 radical (unpaired) electrons.